The molecule has 1 unspecified atom stereocenters. The van der Waals surface area contributed by atoms with Gasteiger partial charge in [0.1, 0.15) is 5.75 Å². The van der Waals surface area contributed by atoms with Crippen LogP contribution in [0.4, 0.5) is 0 Å². The number of rotatable bonds is 5. The molecule has 1 atom stereocenters. The van der Waals surface area contributed by atoms with Gasteiger partial charge >= 0.3 is 0 Å². The highest BCUT2D eigenvalue weighted by Crippen LogP contribution is 2.31. The maximum Gasteiger partial charge on any atom is 0.254 e. The molecule has 0 aromatic heterocycles. The Kier molecular flexibility index (Phi) is 6.31. The summed E-state index contributed by atoms with van der Waals surface area (Å²) in [4.78, 5) is 29.3. The molecule has 1 heterocycles. The van der Waals surface area contributed by atoms with E-state index >= 15 is 0 Å². The average molecular weight is 381 g/mol. The van der Waals surface area contributed by atoms with Crippen molar-refractivity contribution in [2.45, 2.75) is 13.0 Å². The molecule has 28 heavy (non-hydrogen) atoms. The van der Waals surface area contributed by atoms with Crippen LogP contribution in [0.15, 0.2) is 48.5 Å². The lowest BCUT2D eigenvalue weighted by Crippen LogP contribution is -2.48. The van der Waals surface area contributed by atoms with E-state index in [4.69, 9.17) is 4.74 Å². The number of nitrogens with one attached hydrogen (secondary N) is 1. The van der Waals surface area contributed by atoms with Crippen LogP contribution < -0.4 is 10.1 Å². The molecule has 0 spiro atoms. The van der Waals surface area contributed by atoms with Gasteiger partial charge in [0, 0.05) is 49.9 Å². The zero-order chi connectivity index (χ0) is 20.1. The molecule has 1 aliphatic rings. The summed E-state index contributed by atoms with van der Waals surface area (Å²) in [5.74, 6) is 0.604. The minimum absolute atomic E-state index is 0.0776. The Morgan fingerprint density at radius 2 is 1.93 bits per heavy atom. The molecule has 1 N–H and O–H groups in total. The minimum Gasteiger partial charge on any atom is -0.496 e. The third-order valence-electron chi connectivity index (χ3n) is 5.18. The van der Waals surface area contributed by atoms with E-state index in [0.29, 0.717) is 30.8 Å². The number of carbonyl (C=O) groups is 2. The number of piperazine rings is 1. The first-order chi connectivity index (χ1) is 13.6. The Bertz CT molecular complexity index is 852. The maximum atomic E-state index is 13.3. The second kappa shape index (κ2) is 8.89. The standard InChI is InChI=1S/C22H27N3O3/c1-4-24(2)21(26)16-8-7-9-17(14-16)22(27)25-13-12-23-15-19(25)18-10-5-6-11-20(18)28-3/h5-11,14,19,23H,4,12-13,15H2,1-3H3. The van der Waals surface area contributed by atoms with Crippen molar-refractivity contribution in [3.05, 3.63) is 65.2 Å². The Morgan fingerprint density at radius 1 is 1.18 bits per heavy atom. The monoisotopic (exact) mass is 381 g/mol. The molecule has 3 rings (SSSR count). The van der Waals surface area contributed by atoms with Crippen molar-refractivity contribution in [2.75, 3.05) is 40.3 Å². The van der Waals surface area contributed by atoms with Gasteiger partial charge in [-0.2, -0.15) is 0 Å². The molecular weight excluding hydrogens is 354 g/mol. The molecule has 0 radical (unpaired) electrons. The van der Waals surface area contributed by atoms with Gasteiger partial charge in [-0.25, -0.2) is 0 Å². The third kappa shape index (κ3) is 4.02. The summed E-state index contributed by atoms with van der Waals surface area (Å²) in [5, 5.41) is 3.36. The van der Waals surface area contributed by atoms with Crippen molar-refractivity contribution in [2.24, 2.45) is 0 Å². The number of methoxy groups -OCH3 is 1. The average Bonchev–Trinajstić information content (AvgIpc) is 2.77. The second-order valence-electron chi connectivity index (χ2n) is 6.86. The van der Waals surface area contributed by atoms with Gasteiger partial charge in [-0.3, -0.25) is 9.59 Å². The highest BCUT2D eigenvalue weighted by Gasteiger charge is 2.30. The fraction of sp³-hybridized carbons (Fsp3) is 0.364. The first-order valence-electron chi connectivity index (χ1n) is 9.57. The third-order valence-corrected chi connectivity index (χ3v) is 5.18. The van der Waals surface area contributed by atoms with Gasteiger partial charge in [0.05, 0.1) is 13.2 Å². The van der Waals surface area contributed by atoms with Crippen molar-refractivity contribution >= 4 is 11.8 Å². The number of hydrogen-bond acceptors (Lipinski definition) is 4. The van der Waals surface area contributed by atoms with E-state index in [-0.39, 0.29) is 17.9 Å². The van der Waals surface area contributed by atoms with Gasteiger partial charge in [-0.05, 0) is 31.2 Å². The van der Waals surface area contributed by atoms with E-state index < -0.39 is 0 Å². The maximum absolute atomic E-state index is 13.3. The number of ether oxygens (including phenoxy) is 1. The van der Waals surface area contributed by atoms with Gasteiger partial charge in [-0.15, -0.1) is 0 Å². The van der Waals surface area contributed by atoms with Crippen LogP contribution in [0.2, 0.25) is 0 Å². The lowest BCUT2D eigenvalue weighted by Gasteiger charge is -2.37. The van der Waals surface area contributed by atoms with Gasteiger partial charge < -0.3 is 19.9 Å². The Labute approximate surface area is 166 Å². The molecule has 1 saturated heterocycles. The largest absolute Gasteiger partial charge is 0.496 e. The Balaban J connectivity index is 1.91. The Morgan fingerprint density at radius 3 is 2.68 bits per heavy atom. The first kappa shape index (κ1) is 19.9. The van der Waals surface area contributed by atoms with E-state index in [1.807, 2.05) is 36.1 Å². The van der Waals surface area contributed by atoms with Crippen molar-refractivity contribution in [3.63, 3.8) is 0 Å². The lowest BCUT2D eigenvalue weighted by atomic mass is 10.00. The van der Waals surface area contributed by atoms with Crippen molar-refractivity contribution < 1.29 is 14.3 Å². The molecule has 0 saturated carbocycles. The van der Waals surface area contributed by atoms with Crippen molar-refractivity contribution in [1.82, 2.24) is 15.1 Å². The molecule has 6 nitrogen and oxygen atoms in total. The molecule has 2 aromatic rings. The van der Waals surface area contributed by atoms with E-state index in [9.17, 15) is 9.59 Å². The summed E-state index contributed by atoms with van der Waals surface area (Å²) in [5.41, 5.74) is 2.03. The highest BCUT2D eigenvalue weighted by atomic mass is 16.5. The number of hydrogen-bond donors (Lipinski definition) is 1. The molecule has 0 aliphatic carbocycles. The molecule has 6 heteroatoms. The summed E-state index contributed by atoms with van der Waals surface area (Å²) in [7, 11) is 3.39. The molecule has 1 fully saturated rings. The number of carbonyl (C=O) groups excluding carboxylic acids is 2. The smallest absolute Gasteiger partial charge is 0.254 e. The fourth-order valence-corrected chi connectivity index (χ4v) is 3.48. The molecule has 2 amide bonds. The van der Waals surface area contributed by atoms with Crippen LogP contribution in [0.5, 0.6) is 5.75 Å². The zero-order valence-corrected chi connectivity index (χ0v) is 16.6. The second-order valence-corrected chi connectivity index (χ2v) is 6.86. The van der Waals surface area contributed by atoms with E-state index in [2.05, 4.69) is 5.32 Å². The normalized spacial score (nSPS) is 16.5. The van der Waals surface area contributed by atoms with Crippen LogP contribution in [0.1, 0.15) is 39.2 Å². The lowest BCUT2D eigenvalue weighted by molar-refractivity contribution is 0.0631. The van der Waals surface area contributed by atoms with Crippen molar-refractivity contribution in [1.29, 1.82) is 0 Å². The zero-order valence-electron chi connectivity index (χ0n) is 16.6. The summed E-state index contributed by atoms with van der Waals surface area (Å²) in [6, 6.07) is 14.6. The molecule has 0 bridgehead atoms. The first-order valence-corrected chi connectivity index (χ1v) is 9.57. The van der Waals surface area contributed by atoms with Crippen LogP contribution in [0.25, 0.3) is 0 Å². The van der Waals surface area contributed by atoms with E-state index in [1.165, 1.54) is 0 Å². The highest BCUT2D eigenvalue weighted by molar-refractivity contribution is 5.99. The van der Waals surface area contributed by atoms with E-state index in [0.717, 1.165) is 17.9 Å². The van der Waals surface area contributed by atoms with Crippen LogP contribution in [-0.2, 0) is 0 Å². The predicted molar refractivity (Wildman–Crippen MR) is 109 cm³/mol. The number of benzene rings is 2. The minimum atomic E-state index is -0.130. The Hall–Kier alpha value is -2.86. The summed E-state index contributed by atoms with van der Waals surface area (Å²) >= 11 is 0. The number of nitrogens with zero attached hydrogens (tertiary/aromatic N) is 2. The van der Waals surface area contributed by atoms with Crippen LogP contribution in [0, 0.1) is 0 Å². The van der Waals surface area contributed by atoms with Gasteiger partial charge in [-0.1, -0.05) is 24.3 Å². The SMILES string of the molecule is CCN(C)C(=O)c1cccc(C(=O)N2CCNCC2c2ccccc2OC)c1. The van der Waals surface area contributed by atoms with Crippen LogP contribution in [0.3, 0.4) is 0 Å². The van der Waals surface area contributed by atoms with Gasteiger partial charge in [0.25, 0.3) is 11.8 Å². The summed E-state index contributed by atoms with van der Waals surface area (Å²) in [6.07, 6.45) is 0. The topological polar surface area (TPSA) is 61.9 Å². The summed E-state index contributed by atoms with van der Waals surface area (Å²) in [6.45, 7) is 4.52. The number of para-hydroxylation sites is 1. The molecule has 1 aliphatic heterocycles. The fourth-order valence-electron chi connectivity index (χ4n) is 3.48. The molecular formula is C22H27N3O3. The van der Waals surface area contributed by atoms with Gasteiger partial charge in [0.2, 0.25) is 0 Å². The molecule has 2 aromatic carbocycles. The summed E-state index contributed by atoms with van der Waals surface area (Å²) < 4.78 is 5.51. The van der Waals surface area contributed by atoms with Crippen LogP contribution >= 0.6 is 0 Å². The van der Waals surface area contributed by atoms with Crippen molar-refractivity contribution in [3.8, 4) is 5.75 Å². The molecule has 148 valence electrons. The van der Waals surface area contributed by atoms with E-state index in [1.54, 1.807) is 43.3 Å². The van der Waals surface area contributed by atoms with Gasteiger partial charge in [0.15, 0.2) is 0 Å². The number of amides is 2. The van der Waals surface area contributed by atoms with Crippen LogP contribution in [-0.4, -0.2) is 62.0 Å². The predicted octanol–water partition coefficient (Wildman–Crippen LogP) is 2.57. The quantitative estimate of drug-likeness (QED) is 0.865.